The number of benzene rings is 2. The monoisotopic (exact) mass is 475 g/mol. The zero-order valence-electron chi connectivity index (χ0n) is 19.3. The summed E-state index contributed by atoms with van der Waals surface area (Å²) in [6.07, 6.45) is 1.90. The lowest BCUT2D eigenvalue weighted by atomic mass is 10.1. The number of hydrogen-bond acceptors (Lipinski definition) is 5. The van der Waals surface area contributed by atoms with Crippen molar-refractivity contribution in [2.75, 3.05) is 23.3 Å². The predicted molar refractivity (Wildman–Crippen MR) is 136 cm³/mol. The smallest absolute Gasteiger partial charge is 0.257 e. The Balaban J connectivity index is 1.36. The fourth-order valence-corrected chi connectivity index (χ4v) is 4.65. The molecule has 5 rings (SSSR count). The molecule has 1 aliphatic heterocycles. The number of anilines is 2. The summed E-state index contributed by atoms with van der Waals surface area (Å²) in [6.45, 7) is 7.65. The summed E-state index contributed by atoms with van der Waals surface area (Å²) in [6, 6.07) is 15.0. The average Bonchev–Trinajstić information content (AvgIpc) is 3.23. The van der Waals surface area contributed by atoms with Crippen LogP contribution >= 0.6 is 11.6 Å². The zero-order valence-corrected chi connectivity index (χ0v) is 20.1. The fraction of sp³-hybridized carbons (Fsp3) is 0.269. The third-order valence-corrected chi connectivity index (χ3v) is 6.23. The Morgan fingerprint density at radius 2 is 1.91 bits per heavy atom. The van der Waals surface area contributed by atoms with Gasteiger partial charge in [0.1, 0.15) is 11.6 Å². The first-order valence-corrected chi connectivity index (χ1v) is 11.7. The minimum atomic E-state index is -0.233. The van der Waals surface area contributed by atoms with Gasteiger partial charge < -0.3 is 19.9 Å². The van der Waals surface area contributed by atoms with Crippen LogP contribution in [0, 0.1) is 6.92 Å². The third kappa shape index (κ3) is 4.49. The van der Waals surface area contributed by atoms with Crippen LogP contribution in [0.4, 0.5) is 11.5 Å². The van der Waals surface area contributed by atoms with E-state index < -0.39 is 0 Å². The van der Waals surface area contributed by atoms with Gasteiger partial charge in [0.15, 0.2) is 0 Å². The van der Waals surface area contributed by atoms with Gasteiger partial charge in [-0.15, -0.1) is 0 Å². The van der Waals surface area contributed by atoms with Crippen molar-refractivity contribution in [2.24, 2.45) is 0 Å². The molecule has 4 aromatic rings. The van der Waals surface area contributed by atoms with Crippen LogP contribution in [0.5, 0.6) is 0 Å². The number of aromatic nitrogens is 3. The van der Waals surface area contributed by atoms with Gasteiger partial charge in [-0.2, -0.15) is 0 Å². The molecule has 1 fully saturated rings. The molecule has 174 valence electrons. The van der Waals surface area contributed by atoms with E-state index in [0.717, 1.165) is 41.1 Å². The number of nitrogens with zero attached hydrogens (tertiary/aromatic N) is 3. The van der Waals surface area contributed by atoms with Crippen LogP contribution in [-0.4, -0.2) is 46.2 Å². The fourth-order valence-electron chi connectivity index (χ4n) is 4.44. The van der Waals surface area contributed by atoms with E-state index in [0.29, 0.717) is 22.1 Å². The van der Waals surface area contributed by atoms with Crippen molar-refractivity contribution in [3.05, 3.63) is 70.9 Å². The molecular weight excluding hydrogens is 450 g/mol. The van der Waals surface area contributed by atoms with Crippen molar-refractivity contribution >= 4 is 40.0 Å². The first-order valence-electron chi connectivity index (χ1n) is 11.3. The number of H-pyrrole nitrogens is 1. The molecule has 1 amide bonds. The maximum atomic E-state index is 13.0. The summed E-state index contributed by atoms with van der Waals surface area (Å²) < 4.78 is 5.82. The number of aryl methyl sites for hydroxylation is 1. The van der Waals surface area contributed by atoms with Crippen molar-refractivity contribution < 1.29 is 9.53 Å². The Hall–Kier alpha value is -3.42. The number of aromatic amines is 1. The molecule has 34 heavy (non-hydrogen) atoms. The molecule has 1 aliphatic rings. The highest BCUT2D eigenvalue weighted by Crippen LogP contribution is 2.30. The Bertz CT molecular complexity index is 1330. The molecule has 0 unspecified atom stereocenters. The van der Waals surface area contributed by atoms with E-state index in [1.165, 1.54) is 0 Å². The standard InChI is InChI=1S/C26H26ClN5O2/c1-15-10-18(12-28-25(15)32-13-16(2)34-17(3)14-32)26(33)29-19-8-9-21(27)20(11-19)24-30-22-6-4-5-7-23(22)31-24/h4-12,16-17H,13-14H2,1-3H3,(H,29,33)(H,30,31)/t16-,17+. The molecule has 2 aromatic heterocycles. The number of carbonyl (C=O) groups excluding carboxylic acids is 1. The lowest BCUT2D eigenvalue weighted by molar-refractivity contribution is -0.00549. The number of imidazole rings is 1. The minimum absolute atomic E-state index is 0.138. The second-order valence-corrected chi connectivity index (χ2v) is 9.19. The van der Waals surface area contributed by atoms with Crippen molar-refractivity contribution in [2.45, 2.75) is 33.0 Å². The normalized spacial score (nSPS) is 18.3. The Morgan fingerprint density at radius 3 is 2.65 bits per heavy atom. The Morgan fingerprint density at radius 1 is 1.15 bits per heavy atom. The molecule has 3 heterocycles. The molecule has 2 aromatic carbocycles. The van der Waals surface area contributed by atoms with E-state index >= 15 is 0 Å². The van der Waals surface area contributed by atoms with Gasteiger partial charge in [0.05, 0.1) is 33.8 Å². The van der Waals surface area contributed by atoms with Crippen molar-refractivity contribution in [3.63, 3.8) is 0 Å². The quantitative estimate of drug-likeness (QED) is 0.410. The van der Waals surface area contributed by atoms with E-state index in [4.69, 9.17) is 16.3 Å². The highest BCUT2D eigenvalue weighted by atomic mass is 35.5. The molecule has 0 bridgehead atoms. The predicted octanol–water partition coefficient (Wildman–Crippen LogP) is 5.45. The van der Waals surface area contributed by atoms with Crippen LogP contribution in [0.3, 0.4) is 0 Å². The highest BCUT2D eigenvalue weighted by Gasteiger charge is 2.24. The number of carbonyl (C=O) groups is 1. The molecular formula is C26H26ClN5O2. The molecule has 0 spiro atoms. The van der Waals surface area contributed by atoms with Gasteiger partial charge >= 0.3 is 0 Å². The van der Waals surface area contributed by atoms with Crippen LogP contribution in [0.25, 0.3) is 22.4 Å². The SMILES string of the molecule is Cc1cc(C(=O)Nc2ccc(Cl)c(-c3nc4ccccc4[nH]3)c2)cnc1N1C[C@@H](C)O[C@@H](C)C1. The second kappa shape index (κ2) is 9.08. The van der Waals surface area contributed by atoms with E-state index in [-0.39, 0.29) is 18.1 Å². The molecule has 0 aliphatic carbocycles. The van der Waals surface area contributed by atoms with Crippen LogP contribution in [0.2, 0.25) is 5.02 Å². The molecule has 8 heteroatoms. The summed E-state index contributed by atoms with van der Waals surface area (Å²) in [5.74, 6) is 1.30. The van der Waals surface area contributed by atoms with Crippen LogP contribution in [0.1, 0.15) is 29.8 Å². The Kier molecular flexibility index (Phi) is 5.98. The first kappa shape index (κ1) is 22.4. The topological polar surface area (TPSA) is 83.1 Å². The molecule has 2 N–H and O–H groups in total. The minimum Gasteiger partial charge on any atom is -0.372 e. The first-order chi connectivity index (χ1) is 16.4. The van der Waals surface area contributed by atoms with Crippen molar-refractivity contribution in [1.29, 1.82) is 0 Å². The summed E-state index contributed by atoms with van der Waals surface area (Å²) in [4.78, 5) is 27.7. The summed E-state index contributed by atoms with van der Waals surface area (Å²) in [5.41, 5.74) is 4.57. The highest BCUT2D eigenvalue weighted by molar-refractivity contribution is 6.33. The van der Waals surface area contributed by atoms with Gasteiger partial charge in [-0.25, -0.2) is 9.97 Å². The summed E-state index contributed by atoms with van der Waals surface area (Å²) in [5, 5.41) is 3.51. The zero-order chi connectivity index (χ0) is 23.8. The van der Waals surface area contributed by atoms with E-state index in [2.05, 4.69) is 39.0 Å². The molecule has 7 nitrogen and oxygen atoms in total. The molecule has 2 atom stereocenters. The number of para-hydroxylation sites is 2. The number of fused-ring (bicyclic) bond motifs is 1. The number of amides is 1. The Labute approximate surface area is 203 Å². The number of hydrogen-bond donors (Lipinski definition) is 2. The number of pyridine rings is 1. The van der Waals surface area contributed by atoms with E-state index in [9.17, 15) is 4.79 Å². The lowest BCUT2D eigenvalue weighted by Crippen LogP contribution is -2.46. The van der Waals surface area contributed by atoms with Gasteiger partial charge in [0, 0.05) is 30.5 Å². The maximum Gasteiger partial charge on any atom is 0.257 e. The summed E-state index contributed by atoms with van der Waals surface area (Å²) in [7, 11) is 0. The van der Waals surface area contributed by atoms with Gasteiger partial charge in [0.25, 0.3) is 5.91 Å². The van der Waals surface area contributed by atoms with Gasteiger partial charge in [-0.1, -0.05) is 23.7 Å². The average molecular weight is 476 g/mol. The van der Waals surface area contributed by atoms with Crippen LogP contribution < -0.4 is 10.2 Å². The number of halogens is 1. The number of nitrogens with one attached hydrogen (secondary N) is 2. The van der Waals surface area contributed by atoms with Crippen LogP contribution in [0.15, 0.2) is 54.7 Å². The summed E-state index contributed by atoms with van der Waals surface area (Å²) >= 11 is 6.45. The van der Waals surface area contributed by atoms with E-state index in [1.54, 1.807) is 18.3 Å². The van der Waals surface area contributed by atoms with Crippen molar-refractivity contribution in [1.82, 2.24) is 15.0 Å². The third-order valence-electron chi connectivity index (χ3n) is 5.90. The van der Waals surface area contributed by atoms with Crippen LogP contribution in [-0.2, 0) is 4.74 Å². The second-order valence-electron chi connectivity index (χ2n) is 8.78. The molecule has 0 saturated carbocycles. The van der Waals surface area contributed by atoms with Gasteiger partial charge in [-0.05, 0) is 62.7 Å². The largest absolute Gasteiger partial charge is 0.372 e. The number of ether oxygens (including phenoxy) is 1. The number of morpholine rings is 1. The van der Waals surface area contributed by atoms with E-state index in [1.807, 2.05) is 43.3 Å². The molecule has 1 saturated heterocycles. The van der Waals surface area contributed by atoms with Gasteiger partial charge in [0.2, 0.25) is 0 Å². The maximum absolute atomic E-state index is 13.0. The number of rotatable bonds is 4. The lowest BCUT2D eigenvalue weighted by Gasteiger charge is -2.36. The van der Waals surface area contributed by atoms with Gasteiger partial charge in [-0.3, -0.25) is 4.79 Å². The molecule has 0 radical (unpaired) electrons. The van der Waals surface area contributed by atoms with Crippen molar-refractivity contribution in [3.8, 4) is 11.4 Å².